The van der Waals surface area contributed by atoms with Gasteiger partial charge in [0.1, 0.15) is 5.76 Å². The van der Waals surface area contributed by atoms with Crippen LogP contribution < -0.4 is 0 Å². The van der Waals surface area contributed by atoms with Crippen molar-refractivity contribution in [1.29, 1.82) is 0 Å². The van der Waals surface area contributed by atoms with E-state index in [1.165, 1.54) is 80.7 Å². The van der Waals surface area contributed by atoms with Crippen molar-refractivity contribution >= 4 is 17.3 Å². The van der Waals surface area contributed by atoms with Crippen LogP contribution in [0.25, 0.3) is 5.57 Å². The Balaban J connectivity index is 1.64. The molecule has 4 heteroatoms. The van der Waals surface area contributed by atoms with Crippen molar-refractivity contribution in [2.75, 3.05) is 0 Å². The highest BCUT2D eigenvalue weighted by Gasteiger charge is 2.40. The number of hydrogen-bond donors (Lipinski definition) is 1. The van der Waals surface area contributed by atoms with Crippen molar-refractivity contribution in [3.63, 3.8) is 0 Å². The zero-order valence-corrected chi connectivity index (χ0v) is 21.2. The van der Waals surface area contributed by atoms with Gasteiger partial charge in [-0.05, 0) is 73.0 Å². The van der Waals surface area contributed by atoms with Crippen molar-refractivity contribution < 1.29 is 14.3 Å². The van der Waals surface area contributed by atoms with E-state index in [-0.39, 0.29) is 11.2 Å². The first-order valence-corrected chi connectivity index (χ1v) is 13.1. The maximum atomic E-state index is 11.2. The Kier molecular flexibility index (Phi) is 7.45. The van der Waals surface area contributed by atoms with E-state index >= 15 is 0 Å². The second-order valence-electron chi connectivity index (χ2n) is 10.7. The summed E-state index contributed by atoms with van der Waals surface area (Å²) in [7, 11) is 0. The van der Waals surface area contributed by atoms with Gasteiger partial charge < -0.3 is 9.52 Å². The number of hydrogen-bond acceptors (Lipinski definition) is 3. The van der Waals surface area contributed by atoms with E-state index in [9.17, 15) is 9.90 Å². The molecule has 34 heavy (non-hydrogen) atoms. The number of rotatable bonds is 10. The first kappa shape index (κ1) is 24.5. The molecular formula is C30H39NO3. The van der Waals surface area contributed by atoms with Crippen LogP contribution in [0.4, 0.5) is 0 Å². The molecule has 1 fully saturated rings. The van der Waals surface area contributed by atoms with Crippen LogP contribution in [0.5, 0.6) is 0 Å². The molecule has 0 aromatic carbocycles. The van der Waals surface area contributed by atoms with Crippen molar-refractivity contribution in [1.82, 2.24) is 0 Å². The minimum atomic E-state index is -1.04. The van der Waals surface area contributed by atoms with E-state index in [1.807, 2.05) is 6.92 Å². The Bertz CT molecular complexity index is 1090. The van der Waals surface area contributed by atoms with Gasteiger partial charge in [-0.25, -0.2) is 4.79 Å². The van der Waals surface area contributed by atoms with Crippen LogP contribution in [-0.4, -0.2) is 16.8 Å². The summed E-state index contributed by atoms with van der Waals surface area (Å²) in [6.45, 7) is 9.00. The number of carbonyl (C=O) groups is 1. The van der Waals surface area contributed by atoms with Crippen molar-refractivity contribution in [2.45, 2.75) is 91.9 Å². The number of fused-ring (bicyclic) bond motifs is 2. The summed E-state index contributed by atoms with van der Waals surface area (Å²) >= 11 is 0. The third-order valence-corrected chi connectivity index (χ3v) is 7.55. The van der Waals surface area contributed by atoms with Gasteiger partial charge >= 0.3 is 5.97 Å². The van der Waals surface area contributed by atoms with Crippen LogP contribution in [0.15, 0.2) is 62.2 Å². The van der Waals surface area contributed by atoms with Crippen LogP contribution in [0.3, 0.4) is 0 Å². The summed E-state index contributed by atoms with van der Waals surface area (Å²) in [5, 5.41) is 9.19. The Hall–Kier alpha value is -2.62. The van der Waals surface area contributed by atoms with Crippen LogP contribution in [0.2, 0.25) is 0 Å². The van der Waals surface area contributed by atoms with Crippen molar-refractivity contribution in [2.24, 2.45) is 16.3 Å². The molecule has 1 unspecified atom stereocenters. The molecule has 4 nitrogen and oxygen atoms in total. The molecule has 0 amide bonds. The van der Waals surface area contributed by atoms with Crippen molar-refractivity contribution in [3.8, 4) is 0 Å². The van der Waals surface area contributed by atoms with Gasteiger partial charge in [0, 0.05) is 17.2 Å². The molecule has 182 valence electrons. The molecule has 0 saturated heterocycles. The lowest BCUT2D eigenvalue weighted by Gasteiger charge is -2.35. The molecule has 1 aliphatic heterocycles. The highest BCUT2D eigenvalue weighted by Crippen LogP contribution is 2.50. The van der Waals surface area contributed by atoms with Gasteiger partial charge in [-0.1, -0.05) is 71.4 Å². The Morgan fingerprint density at radius 3 is 2.65 bits per heavy atom. The lowest BCUT2D eigenvalue weighted by molar-refractivity contribution is 0.0662. The molecule has 0 bridgehead atoms. The maximum Gasteiger partial charge on any atom is 0.371 e. The largest absolute Gasteiger partial charge is 0.475 e. The standard InChI is InChI=1S/C30H39NO3/c1-5-6-7-8-9-10-12-21-14-15-22(19-20(2)24-16-17-25(34-24)29(32)33)28-26(21)27-23(31-28)13-11-18-30(27,3)4/h14-17,19,21H,5-13,18H2,1-4H3,(H,32,33)/b20-19+. The Morgan fingerprint density at radius 1 is 1.18 bits per heavy atom. The van der Waals surface area contributed by atoms with E-state index in [4.69, 9.17) is 9.41 Å². The molecule has 1 atom stereocenters. The normalized spacial score (nSPS) is 21.6. The average molecular weight is 462 g/mol. The minimum absolute atomic E-state index is 0.0322. The maximum absolute atomic E-state index is 11.2. The van der Waals surface area contributed by atoms with E-state index in [0.29, 0.717) is 11.7 Å². The summed E-state index contributed by atoms with van der Waals surface area (Å²) < 4.78 is 5.54. The fourth-order valence-corrected chi connectivity index (χ4v) is 5.73. The lowest BCUT2D eigenvalue weighted by atomic mass is 9.68. The van der Waals surface area contributed by atoms with Crippen LogP contribution in [-0.2, 0) is 0 Å². The van der Waals surface area contributed by atoms with E-state index in [1.54, 1.807) is 6.07 Å². The van der Waals surface area contributed by atoms with Gasteiger partial charge in [0.25, 0.3) is 0 Å². The predicted molar refractivity (Wildman–Crippen MR) is 139 cm³/mol. The third kappa shape index (κ3) is 5.06. The predicted octanol–water partition coefficient (Wildman–Crippen LogP) is 8.53. The molecule has 1 aromatic heterocycles. The second kappa shape index (κ2) is 10.3. The van der Waals surface area contributed by atoms with Gasteiger partial charge in [-0.2, -0.15) is 0 Å². The van der Waals surface area contributed by atoms with Gasteiger partial charge in [0.15, 0.2) is 0 Å². The molecule has 0 radical (unpaired) electrons. The average Bonchev–Trinajstić information content (AvgIpc) is 3.43. The molecule has 0 spiro atoms. The van der Waals surface area contributed by atoms with E-state index in [2.05, 4.69) is 39.0 Å². The minimum Gasteiger partial charge on any atom is -0.475 e. The Morgan fingerprint density at radius 2 is 1.91 bits per heavy atom. The second-order valence-corrected chi connectivity index (χ2v) is 10.7. The molecule has 1 aromatic rings. The molecule has 1 saturated carbocycles. The number of furan rings is 1. The molecule has 3 aliphatic rings. The molecule has 1 N–H and O–H groups in total. The highest BCUT2D eigenvalue weighted by atomic mass is 16.4. The summed E-state index contributed by atoms with van der Waals surface area (Å²) in [6.07, 6.45) is 19.2. The molecule has 2 aliphatic carbocycles. The van der Waals surface area contributed by atoms with Crippen LogP contribution >= 0.6 is 0 Å². The lowest BCUT2D eigenvalue weighted by Crippen LogP contribution is -2.27. The summed E-state index contributed by atoms with van der Waals surface area (Å²) in [5.74, 6) is -0.0628. The Labute approximate surface area is 204 Å². The first-order valence-electron chi connectivity index (χ1n) is 13.1. The van der Waals surface area contributed by atoms with E-state index in [0.717, 1.165) is 23.3 Å². The number of aliphatic imine (C=N–C) groups is 1. The summed E-state index contributed by atoms with van der Waals surface area (Å²) in [4.78, 5) is 16.4. The van der Waals surface area contributed by atoms with E-state index < -0.39 is 5.97 Å². The number of allylic oxidation sites excluding steroid dienone is 7. The summed E-state index contributed by atoms with van der Waals surface area (Å²) in [5.41, 5.74) is 7.51. The smallest absolute Gasteiger partial charge is 0.371 e. The highest BCUT2D eigenvalue weighted by molar-refractivity contribution is 6.07. The number of unbranched alkanes of at least 4 members (excludes halogenated alkanes) is 5. The number of carboxylic acids is 1. The first-order chi connectivity index (χ1) is 16.3. The SMILES string of the molecule is CCCCCCCCC1C=CC(/C=C(\C)c2ccc(C(=O)O)o2)=C2N=C3CCCC(C)(C)C3=C21. The number of carboxylic acid groups (broad SMARTS) is 1. The van der Waals surface area contributed by atoms with Crippen molar-refractivity contribution in [3.05, 3.63) is 64.3 Å². The molecule has 2 heterocycles. The topological polar surface area (TPSA) is 62.8 Å². The third-order valence-electron chi connectivity index (χ3n) is 7.55. The van der Waals surface area contributed by atoms with Crippen LogP contribution in [0.1, 0.15) is 108 Å². The monoisotopic (exact) mass is 461 g/mol. The zero-order chi connectivity index (χ0) is 24.3. The fraction of sp³-hybridized carbons (Fsp3) is 0.533. The number of nitrogens with zero attached hydrogens (tertiary/aromatic N) is 1. The molecule has 4 rings (SSSR count). The quantitative estimate of drug-likeness (QED) is 0.355. The summed E-state index contributed by atoms with van der Waals surface area (Å²) in [6, 6.07) is 3.25. The van der Waals surface area contributed by atoms with Gasteiger partial charge in [0.05, 0.1) is 5.70 Å². The van der Waals surface area contributed by atoms with Gasteiger partial charge in [0.2, 0.25) is 5.76 Å². The fourth-order valence-electron chi connectivity index (χ4n) is 5.73. The zero-order valence-electron chi connectivity index (χ0n) is 21.2. The van der Waals surface area contributed by atoms with Gasteiger partial charge in [-0.15, -0.1) is 0 Å². The number of aromatic carboxylic acids is 1. The molecular weight excluding hydrogens is 422 g/mol. The van der Waals surface area contributed by atoms with Gasteiger partial charge in [-0.3, -0.25) is 4.99 Å². The van der Waals surface area contributed by atoms with Crippen LogP contribution in [0, 0.1) is 11.3 Å².